The molecule has 0 aromatic heterocycles. The fourth-order valence-corrected chi connectivity index (χ4v) is 6.30. The number of carbonyl (C=O) groups excluding carboxylic acids is 4. The number of hydrogen-bond acceptors (Lipinski definition) is 8. The summed E-state index contributed by atoms with van der Waals surface area (Å²) >= 11 is 0. The second kappa shape index (κ2) is 20.5. The maximum absolute atomic E-state index is 13.9. The van der Waals surface area contributed by atoms with E-state index in [4.69, 9.17) is 16.2 Å². The number of hydrogen-bond donors (Lipinski definition) is 6. The lowest BCUT2D eigenvalue weighted by Crippen LogP contribution is -2.59. The highest BCUT2D eigenvalue weighted by Gasteiger charge is 2.47. The average Bonchev–Trinajstić information content (AvgIpc) is 3.94. The van der Waals surface area contributed by atoms with Crippen LogP contribution in [0.25, 0.3) is 0 Å². The van der Waals surface area contributed by atoms with Gasteiger partial charge in [0.15, 0.2) is 0 Å². The maximum Gasteiger partial charge on any atom is 0.237 e. The maximum atomic E-state index is 13.9. The zero-order valence-electron chi connectivity index (χ0n) is 33.6. The average molecular weight is 748 g/mol. The van der Waals surface area contributed by atoms with Gasteiger partial charge in [0.2, 0.25) is 23.6 Å². The summed E-state index contributed by atoms with van der Waals surface area (Å²) in [5, 5.41) is 12.4. The highest BCUT2D eigenvalue weighted by atomic mass is 16.5. The molecule has 4 amide bonds. The third-order valence-electron chi connectivity index (χ3n) is 11.4. The summed E-state index contributed by atoms with van der Waals surface area (Å²) in [5.41, 5.74) is 13.7. The summed E-state index contributed by atoms with van der Waals surface area (Å²) in [4.78, 5) is 54.7. The van der Waals surface area contributed by atoms with Crippen molar-refractivity contribution in [2.75, 3.05) is 39.3 Å². The molecule has 0 bridgehead atoms. The van der Waals surface area contributed by atoms with Crippen molar-refractivity contribution in [3.63, 3.8) is 0 Å². The van der Waals surface area contributed by atoms with Gasteiger partial charge in [0, 0.05) is 38.5 Å². The first-order valence-corrected chi connectivity index (χ1v) is 19.3. The normalized spacial score (nSPS) is 15.5. The summed E-state index contributed by atoms with van der Waals surface area (Å²) in [6.07, 6.45) is 3.21. The molecule has 54 heavy (non-hydrogen) atoms. The molecule has 0 fully saturated rings. The van der Waals surface area contributed by atoms with Crippen molar-refractivity contribution < 1.29 is 23.9 Å². The minimum atomic E-state index is -0.632. The largest absolute Gasteiger partial charge is 0.375 e. The lowest BCUT2D eigenvalue weighted by molar-refractivity contribution is -0.130. The molecule has 1 heterocycles. The lowest BCUT2D eigenvalue weighted by atomic mass is 9.61. The number of aliphatic imine (C=N–C) groups is 1. The minimum Gasteiger partial charge on any atom is -0.375 e. The van der Waals surface area contributed by atoms with E-state index in [9.17, 15) is 19.2 Å². The summed E-state index contributed by atoms with van der Waals surface area (Å²) in [7, 11) is 0. The van der Waals surface area contributed by atoms with Crippen molar-refractivity contribution in [3.8, 4) is 0 Å². The predicted octanol–water partition coefficient (Wildman–Crippen LogP) is 4.16. The molecule has 0 aliphatic carbocycles. The van der Waals surface area contributed by atoms with Crippen LogP contribution in [0.2, 0.25) is 0 Å². The molecule has 0 saturated carbocycles. The zero-order chi connectivity index (χ0) is 39.9. The van der Waals surface area contributed by atoms with E-state index in [2.05, 4.69) is 64.4 Å². The molecule has 3 rings (SSSR count). The van der Waals surface area contributed by atoms with Gasteiger partial charge in [0.05, 0.1) is 31.5 Å². The highest BCUT2D eigenvalue weighted by Crippen LogP contribution is 2.45. The Bertz CT molecular complexity index is 1560. The number of unbranched alkanes of at least 4 members (excludes halogenated alkanes) is 2. The Kier molecular flexibility index (Phi) is 16.8. The predicted molar refractivity (Wildman–Crippen MR) is 214 cm³/mol. The molecular formula is C42H65N7O5. The van der Waals surface area contributed by atoms with Crippen molar-refractivity contribution in [2.45, 2.75) is 99.3 Å². The topological polar surface area (TPSA) is 190 Å². The van der Waals surface area contributed by atoms with E-state index < -0.39 is 22.3 Å². The molecule has 1 aliphatic heterocycles. The molecule has 2 aromatic carbocycles. The lowest BCUT2D eigenvalue weighted by Gasteiger charge is -2.47. The van der Waals surface area contributed by atoms with Gasteiger partial charge < -0.3 is 37.5 Å². The number of carbonyl (C=O) groups is 4. The molecule has 12 nitrogen and oxygen atoms in total. The Balaban J connectivity index is 1.52. The van der Waals surface area contributed by atoms with E-state index in [1.807, 2.05) is 65.0 Å². The molecule has 3 unspecified atom stereocenters. The van der Waals surface area contributed by atoms with Crippen molar-refractivity contribution in [2.24, 2.45) is 38.6 Å². The zero-order valence-corrected chi connectivity index (χ0v) is 33.6. The Hall–Kier alpha value is -4.13. The fourth-order valence-electron chi connectivity index (χ4n) is 6.30. The summed E-state index contributed by atoms with van der Waals surface area (Å²) < 4.78 is 5.94. The summed E-state index contributed by atoms with van der Waals surface area (Å²) in [6.45, 7) is 16.7. The van der Waals surface area contributed by atoms with E-state index in [0.29, 0.717) is 45.8 Å². The van der Waals surface area contributed by atoms with Gasteiger partial charge in [-0.3, -0.25) is 24.2 Å². The number of rotatable bonds is 25. The SMILES string of the molecule is CC(C(=O)NCCCCCNC(=O)CN)C(C)(C)CNC(C(=O)NCCOCc1ccc(C2=NC2c2ccccc2)cc1)C(C)(C)C(C)(C)CCC(N)=O. The first-order valence-electron chi connectivity index (χ1n) is 19.3. The number of ether oxygens (including phenoxy) is 1. The molecule has 0 spiro atoms. The summed E-state index contributed by atoms with van der Waals surface area (Å²) in [6, 6.07) is 18.0. The molecule has 8 N–H and O–H groups in total. The monoisotopic (exact) mass is 748 g/mol. The fraction of sp³-hybridized carbons (Fsp3) is 0.595. The van der Waals surface area contributed by atoms with Crippen LogP contribution in [0.3, 0.4) is 0 Å². The molecule has 1 aliphatic rings. The first-order chi connectivity index (χ1) is 25.5. The third kappa shape index (κ3) is 13.3. The van der Waals surface area contributed by atoms with Gasteiger partial charge in [0.1, 0.15) is 6.04 Å². The molecule has 3 atom stereocenters. The van der Waals surface area contributed by atoms with Gasteiger partial charge >= 0.3 is 0 Å². The van der Waals surface area contributed by atoms with Crippen LogP contribution in [-0.4, -0.2) is 74.7 Å². The number of nitrogens with zero attached hydrogens (tertiary/aromatic N) is 1. The van der Waals surface area contributed by atoms with Crippen LogP contribution < -0.4 is 32.7 Å². The van der Waals surface area contributed by atoms with Crippen molar-refractivity contribution in [1.29, 1.82) is 0 Å². The van der Waals surface area contributed by atoms with Crippen LogP contribution in [0.1, 0.15) is 103 Å². The number of nitrogens with one attached hydrogen (secondary N) is 4. The van der Waals surface area contributed by atoms with Crippen molar-refractivity contribution in [1.82, 2.24) is 21.3 Å². The quantitative estimate of drug-likeness (QED) is 0.0822. The van der Waals surface area contributed by atoms with Gasteiger partial charge in [-0.15, -0.1) is 0 Å². The highest BCUT2D eigenvalue weighted by molar-refractivity contribution is 6.13. The van der Waals surface area contributed by atoms with Gasteiger partial charge in [-0.1, -0.05) is 103 Å². The van der Waals surface area contributed by atoms with E-state index in [1.165, 1.54) is 5.56 Å². The second-order valence-corrected chi connectivity index (χ2v) is 16.4. The van der Waals surface area contributed by atoms with Crippen molar-refractivity contribution in [3.05, 3.63) is 71.3 Å². The number of benzene rings is 2. The molecule has 0 saturated heterocycles. The third-order valence-corrected chi connectivity index (χ3v) is 11.4. The van der Waals surface area contributed by atoms with Crippen molar-refractivity contribution >= 4 is 29.3 Å². The molecule has 298 valence electrons. The van der Waals surface area contributed by atoms with Crippen LogP contribution in [0.15, 0.2) is 59.6 Å². The van der Waals surface area contributed by atoms with Crippen LogP contribution in [-0.2, 0) is 30.5 Å². The molecule has 2 aromatic rings. The van der Waals surface area contributed by atoms with Crippen LogP contribution >= 0.6 is 0 Å². The van der Waals surface area contributed by atoms with E-state index in [0.717, 1.165) is 36.1 Å². The molecule has 12 heteroatoms. The summed E-state index contributed by atoms with van der Waals surface area (Å²) in [5.74, 6) is -1.11. The molecular weight excluding hydrogens is 683 g/mol. The van der Waals surface area contributed by atoms with Gasteiger partial charge in [-0.25, -0.2) is 0 Å². The Labute approximate surface area is 322 Å². The van der Waals surface area contributed by atoms with Gasteiger partial charge in [0.25, 0.3) is 0 Å². The Morgan fingerprint density at radius 1 is 0.833 bits per heavy atom. The minimum absolute atomic E-state index is 0.0197. The van der Waals surface area contributed by atoms with E-state index in [-0.39, 0.29) is 48.6 Å². The Morgan fingerprint density at radius 3 is 2.09 bits per heavy atom. The number of nitrogens with two attached hydrogens (primary N) is 2. The smallest absolute Gasteiger partial charge is 0.237 e. The van der Waals surface area contributed by atoms with Crippen LogP contribution in [0.5, 0.6) is 0 Å². The standard InChI is InChI=1S/C42H65N7O5/c1-29(38(52)46-23-13-9-12-22-45-34(51)26-43)40(2,3)28-48-37(42(6,7)41(4,5)21-20-33(44)50)39(53)47-24-25-54-27-30-16-18-32(19-17-30)36-35(49-36)31-14-10-8-11-15-31/h8,10-11,14-19,29,35,37,48H,9,12-13,20-28,43H2,1-7H3,(H2,44,50)(H,45,51)(H,46,52)(H,47,53). The number of amides is 4. The first kappa shape index (κ1) is 44.3. The molecule has 0 radical (unpaired) electrons. The van der Waals surface area contributed by atoms with Crippen LogP contribution in [0.4, 0.5) is 0 Å². The van der Waals surface area contributed by atoms with Crippen LogP contribution in [0, 0.1) is 22.2 Å². The van der Waals surface area contributed by atoms with Gasteiger partial charge in [-0.05, 0) is 58.6 Å². The Morgan fingerprint density at radius 2 is 1.46 bits per heavy atom. The second-order valence-electron chi connectivity index (χ2n) is 16.4. The van der Waals surface area contributed by atoms with E-state index >= 15 is 0 Å². The van der Waals surface area contributed by atoms with E-state index in [1.54, 1.807) is 0 Å². The number of primary amides is 1. The van der Waals surface area contributed by atoms with Gasteiger partial charge in [-0.2, -0.15) is 0 Å².